The average molecular weight is 556 g/mol. The van der Waals surface area contributed by atoms with Gasteiger partial charge in [-0.25, -0.2) is 9.59 Å². The molecule has 0 radical (unpaired) electrons. The molecule has 2 bridgehead atoms. The Balaban J connectivity index is 1.60. The van der Waals surface area contributed by atoms with Crippen LogP contribution in [0.3, 0.4) is 0 Å². The third-order valence-corrected chi connectivity index (χ3v) is 8.16. The lowest BCUT2D eigenvalue weighted by Crippen LogP contribution is -2.60. The molecule has 0 unspecified atom stereocenters. The lowest BCUT2D eigenvalue weighted by atomic mass is 9.90. The minimum atomic E-state index is -1.20. The van der Waals surface area contributed by atoms with Crippen LogP contribution in [0.5, 0.6) is 0 Å². The Labute approximate surface area is 233 Å². The molecule has 2 fully saturated rings. The van der Waals surface area contributed by atoms with Crippen LogP contribution >= 0.6 is 11.8 Å². The number of fused-ring (bicyclic) bond motifs is 2. The zero-order chi connectivity index (χ0) is 27.8. The first kappa shape index (κ1) is 29.1. The van der Waals surface area contributed by atoms with Crippen LogP contribution in [0.25, 0.3) is 0 Å². The number of thioether (sulfide) groups is 1. The Morgan fingerprint density at radius 2 is 1.97 bits per heavy atom. The van der Waals surface area contributed by atoms with Crippen molar-refractivity contribution in [2.75, 3.05) is 5.75 Å². The minimum absolute atomic E-state index is 0.145. The molecule has 0 aromatic heterocycles. The van der Waals surface area contributed by atoms with E-state index in [1.54, 1.807) is 18.2 Å². The molecule has 1 aromatic rings. The number of carboxylic acid groups (broad SMARTS) is 1. The van der Waals surface area contributed by atoms with E-state index in [4.69, 9.17) is 14.2 Å². The molecule has 210 valence electrons. The molecule has 9 heteroatoms. The normalized spacial score (nSPS) is 33.3. The Morgan fingerprint density at radius 3 is 2.69 bits per heavy atom. The van der Waals surface area contributed by atoms with Gasteiger partial charge in [-0.3, -0.25) is 4.79 Å². The number of carbonyl (C=O) groups excluding carboxylic acids is 2. The van der Waals surface area contributed by atoms with E-state index < -0.39 is 23.9 Å². The van der Waals surface area contributed by atoms with Gasteiger partial charge >= 0.3 is 11.9 Å². The molecular weight excluding hydrogens is 518 g/mol. The lowest BCUT2D eigenvalue weighted by molar-refractivity contribution is -0.310. The van der Waals surface area contributed by atoms with E-state index >= 15 is 0 Å². The number of aromatic carboxylic acids is 1. The largest absolute Gasteiger partial charge is 0.478 e. The number of amides is 1. The van der Waals surface area contributed by atoms with Gasteiger partial charge in [0, 0.05) is 24.7 Å². The molecular formula is C30H37NO7S. The summed E-state index contributed by atoms with van der Waals surface area (Å²) in [6.07, 6.45) is 13.3. The summed E-state index contributed by atoms with van der Waals surface area (Å²) < 4.78 is 19.1. The zero-order valence-electron chi connectivity index (χ0n) is 22.5. The molecule has 3 aliphatic heterocycles. The Kier molecular flexibility index (Phi) is 10.0. The summed E-state index contributed by atoms with van der Waals surface area (Å²) >= 11 is 1.18. The number of nitrogens with one attached hydrogen (secondary N) is 1. The van der Waals surface area contributed by atoms with E-state index in [0.29, 0.717) is 18.1 Å². The third-order valence-electron chi connectivity index (χ3n) is 7.28. The molecule has 1 aromatic carbocycles. The number of esters is 1. The van der Waals surface area contributed by atoms with E-state index in [2.05, 4.69) is 30.5 Å². The van der Waals surface area contributed by atoms with E-state index in [1.165, 1.54) is 23.9 Å². The first-order valence-electron chi connectivity index (χ1n) is 13.5. The van der Waals surface area contributed by atoms with Crippen LogP contribution < -0.4 is 5.32 Å². The third kappa shape index (κ3) is 8.30. The highest BCUT2D eigenvalue weighted by atomic mass is 32.2. The van der Waals surface area contributed by atoms with Gasteiger partial charge in [0.05, 0.1) is 24.3 Å². The van der Waals surface area contributed by atoms with Crippen molar-refractivity contribution in [1.29, 1.82) is 0 Å². The van der Waals surface area contributed by atoms with Gasteiger partial charge in [0.15, 0.2) is 5.79 Å². The molecule has 3 heterocycles. The van der Waals surface area contributed by atoms with Gasteiger partial charge in [0.25, 0.3) is 5.24 Å². The molecule has 1 amide bonds. The Morgan fingerprint density at radius 1 is 1.18 bits per heavy atom. The second-order valence-corrected chi connectivity index (χ2v) is 11.5. The number of rotatable bonds is 5. The monoisotopic (exact) mass is 555 g/mol. The first-order valence-corrected chi connectivity index (χ1v) is 14.5. The number of ether oxygens (including phenoxy) is 3. The van der Waals surface area contributed by atoms with Crippen molar-refractivity contribution in [3.05, 3.63) is 71.3 Å². The SMILES string of the molecule is C/C1=C/C(=O)O[C@@H]2C[C@@H](CC[C@H](C)/C=C\C=C\CC1)O[C@@](OCc1ccc(C(=O)O)cc1)([C@@H]1CSC(=O)N1)C2. The van der Waals surface area contributed by atoms with E-state index in [9.17, 15) is 19.5 Å². The van der Waals surface area contributed by atoms with Crippen molar-refractivity contribution < 1.29 is 33.7 Å². The van der Waals surface area contributed by atoms with Crippen LogP contribution in [0.1, 0.15) is 68.3 Å². The molecule has 0 saturated carbocycles. The van der Waals surface area contributed by atoms with Crippen molar-refractivity contribution >= 4 is 28.9 Å². The summed E-state index contributed by atoms with van der Waals surface area (Å²) in [5.74, 6) is -1.78. The average Bonchev–Trinajstić information content (AvgIpc) is 3.35. The zero-order valence-corrected chi connectivity index (χ0v) is 23.3. The smallest absolute Gasteiger partial charge is 0.335 e. The van der Waals surface area contributed by atoms with Gasteiger partial charge in [-0.1, -0.05) is 60.7 Å². The minimum Gasteiger partial charge on any atom is -0.478 e. The van der Waals surface area contributed by atoms with Crippen LogP contribution in [-0.2, 0) is 25.6 Å². The van der Waals surface area contributed by atoms with Crippen molar-refractivity contribution in [2.45, 2.75) is 83.0 Å². The van der Waals surface area contributed by atoms with Gasteiger partial charge in [-0.15, -0.1) is 0 Å². The summed E-state index contributed by atoms with van der Waals surface area (Å²) in [4.78, 5) is 36.3. The number of hydrogen-bond acceptors (Lipinski definition) is 7. The summed E-state index contributed by atoms with van der Waals surface area (Å²) in [7, 11) is 0. The Bertz CT molecular complexity index is 1130. The Hall–Kier alpha value is -2.88. The van der Waals surface area contributed by atoms with Crippen LogP contribution in [0.15, 0.2) is 60.2 Å². The van der Waals surface area contributed by atoms with Crippen LogP contribution in [0, 0.1) is 5.92 Å². The second-order valence-electron chi connectivity index (χ2n) is 10.5. The first-order chi connectivity index (χ1) is 18.7. The lowest BCUT2D eigenvalue weighted by Gasteiger charge is -2.46. The second kappa shape index (κ2) is 13.5. The molecule has 8 nitrogen and oxygen atoms in total. The molecule has 0 spiro atoms. The number of carboxylic acids is 1. The molecule has 2 N–H and O–H groups in total. The number of allylic oxidation sites excluding steroid dienone is 5. The van der Waals surface area contributed by atoms with E-state index in [1.807, 2.05) is 13.0 Å². The summed E-state index contributed by atoms with van der Waals surface area (Å²) in [6.45, 7) is 4.24. The van der Waals surface area contributed by atoms with Crippen LogP contribution in [0.4, 0.5) is 4.79 Å². The quantitative estimate of drug-likeness (QED) is 0.440. The number of carbonyl (C=O) groups is 3. The van der Waals surface area contributed by atoms with Gasteiger partial charge in [-0.2, -0.15) is 0 Å². The summed E-state index contributed by atoms with van der Waals surface area (Å²) in [5.41, 5.74) is 1.91. The molecule has 4 rings (SSSR count). The molecule has 5 atom stereocenters. The predicted molar refractivity (Wildman–Crippen MR) is 149 cm³/mol. The van der Waals surface area contributed by atoms with Crippen molar-refractivity contribution in [2.24, 2.45) is 5.92 Å². The fourth-order valence-corrected chi connectivity index (χ4v) is 5.96. The van der Waals surface area contributed by atoms with Crippen molar-refractivity contribution in [3.8, 4) is 0 Å². The topological polar surface area (TPSA) is 111 Å². The number of benzene rings is 1. The van der Waals surface area contributed by atoms with Gasteiger partial charge in [0.2, 0.25) is 0 Å². The van der Waals surface area contributed by atoms with Crippen LogP contribution in [-0.4, -0.2) is 52.1 Å². The van der Waals surface area contributed by atoms with E-state index in [0.717, 1.165) is 36.8 Å². The molecule has 3 aliphatic rings. The van der Waals surface area contributed by atoms with Crippen LogP contribution in [0.2, 0.25) is 0 Å². The highest BCUT2D eigenvalue weighted by molar-refractivity contribution is 8.14. The van der Waals surface area contributed by atoms with E-state index in [-0.39, 0.29) is 35.9 Å². The summed E-state index contributed by atoms with van der Waals surface area (Å²) in [5, 5.41) is 12.1. The molecule has 2 saturated heterocycles. The highest BCUT2D eigenvalue weighted by Gasteiger charge is 2.52. The maximum absolute atomic E-state index is 12.9. The van der Waals surface area contributed by atoms with Gasteiger partial charge in [0.1, 0.15) is 6.10 Å². The predicted octanol–water partition coefficient (Wildman–Crippen LogP) is 5.78. The fourth-order valence-electron chi connectivity index (χ4n) is 5.08. The maximum atomic E-state index is 12.9. The maximum Gasteiger partial charge on any atom is 0.335 e. The van der Waals surface area contributed by atoms with Gasteiger partial charge < -0.3 is 24.6 Å². The van der Waals surface area contributed by atoms with Crippen molar-refractivity contribution in [1.82, 2.24) is 5.32 Å². The van der Waals surface area contributed by atoms with Gasteiger partial charge in [-0.05, 0) is 56.2 Å². The highest BCUT2D eigenvalue weighted by Crippen LogP contribution is 2.40. The molecule has 0 aliphatic carbocycles. The number of hydrogen-bond donors (Lipinski definition) is 2. The van der Waals surface area contributed by atoms with Crippen molar-refractivity contribution in [3.63, 3.8) is 0 Å². The standard InChI is InChI=1S/C30H37NO7S/c1-20-7-5-3-4-6-8-21(2)15-27(32)37-25-16-24(14-9-20)38-30(17-25,26-19-39-29(35)31-26)36-18-22-10-12-23(13-11-22)28(33)34/h3-5,7,10-13,15,20,24-26H,6,8-9,14,16-19H2,1-2H3,(H,31,35)(H,33,34)/b4-3+,7-5-,21-15-/t20-,24-,25-,26+,30-/m1/s1. The summed E-state index contributed by atoms with van der Waals surface area (Å²) in [6, 6.07) is 6.05. The fraction of sp³-hybridized carbons (Fsp3) is 0.500. The molecule has 39 heavy (non-hydrogen) atoms.